The Labute approximate surface area is 262 Å². The third-order valence-electron chi connectivity index (χ3n) is 8.91. The Morgan fingerprint density at radius 2 is 1.93 bits per heavy atom. The fourth-order valence-corrected chi connectivity index (χ4v) is 7.66. The number of imide groups is 1. The highest BCUT2D eigenvalue weighted by atomic mass is 127. The predicted octanol–water partition coefficient (Wildman–Crippen LogP) is 6.19. The van der Waals surface area contributed by atoms with E-state index in [-0.39, 0.29) is 41.4 Å². The lowest BCUT2D eigenvalue weighted by atomic mass is 9.57. The van der Waals surface area contributed by atoms with Crippen molar-refractivity contribution < 1.29 is 29.1 Å². The van der Waals surface area contributed by atoms with Gasteiger partial charge in [0, 0.05) is 6.54 Å². The number of methoxy groups -OCH3 is 1. The average molecular weight is 683 g/mol. The maximum absolute atomic E-state index is 13.6. The highest BCUT2D eigenvalue weighted by Crippen LogP contribution is 2.52. The molecule has 0 spiro atoms. The molecule has 0 aromatic heterocycles. The highest BCUT2D eigenvalue weighted by Gasteiger charge is 2.57. The summed E-state index contributed by atoms with van der Waals surface area (Å²) in [5.41, 5.74) is 5.37. The van der Waals surface area contributed by atoms with Crippen molar-refractivity contribution in [1.82, 2.24) is 4.90 Å². The average Bonchev–Trinajstić information content (AvgIpc) is 3.21. The van der Waals surface area contributed by atoms with Crippen molar-refractivity contribution >= 4 is 53.2 Å². The normalized spacial score (nSPS) is 24.4. The second-order valence-electron chi connectivity index (χ2n) is 11.8. The van der Waals surface area contributed by atoms with E-state index in [1.165, 1.54) is 17.6 Å². The Kier molecular flexibility index (Phi) is 9.49. The summed E-state index contributed by atoms with van der Waals surface area (Å²) in [4.78, 5) is 28.4. The number of phenols is 1. The molecule has 2 N–H and O–H groups in total. The first-order chi connectivity index (χ1) is 20.1. The van der Waals surface area contributed by atoms with Crippen molar-refractivity contribution in [1.29, 1.82) is 0 Å². The zero-order valence-corrected chi connectivity index (χ0v) is 26.8. The van der Waals surface area contributed by atoms with E-state index in [9.17, 15) is 19.7 Å². The van der Waals surface area contributed by atoms with Gasteiger partial charge < -0.3 is 19.5 Å². The summed E-state index contributed by atoms with van der Waals surface area (Å²) in [7, 11) is 0.545. The summed E-state index contributed by atoms with van der Waals surface area (Å²) in [6.45, 7) is 6.70. The monoisotopic (exact) mass is 683 g/mol. The van der Waals surface area contributed by atoms with E-state index in [0.717, 1.165) is 28.7 Å². The van der Waals surface area contributed by atoms with Crippen LogP contribution in [0.3, 0.4) is 0 Å². The molecule has 5 rings (SSSR count). The summed E-state index contributed by atoms with van der Waals surface area (Å²) < 4.78 is 12.3. The summed E-state index contributed by atoms with van der Waals surface area (Å²) >= 11 is 2.10. The molecule has 0 radical (unpaired) electrons. The topological polar surface area (TPSA) is 96.3 Å². The van der Waals surface area contributed by atoms with Crippen LogP contribution in [0.1, 0.15) is 57.6 Å². The second-order valence-corrected chi connectivity index (χ2v) is 13.0. The first kappa shape index (κ1) is 30.8. The number of hydrogen-bond donors (Lipinski definition) is 2. The van der Waals surface area contributed by atoms with Crippen molar-refractivity contribution in [3.05, 3.63) is 68.3 Å². The van der Waals surface area contributed by atoms with Crippen LogP contribution in [-0.2, 0) is 14.2 Å². The molecule has 1 aliphatic carbocycles. The van der Waals surface area contributed by atoms with Crippen LogP contribution < -0.4 is 4.74 Å². The number of carbonyl (C=O) groups is 2. The molecule has 0 unspecified atom stereocenters. The summed E-state index contributed by atoms with van der Waals surface area (Å²) in [6.07, 6.45) is 4.65. The molecule has 0 bridgehead atoms. The van der Waals surface area contributed by atoms with E-state index < -0.39 is 13.0 Å². The highest BCUT2D eigenvalue weighted by molar-refractivity contribution is 14.1. The van der Waals surface area contributed by atoms with E-state index in [1.807, 2.05) is 37.3 Å². The molecular weight excluding hydrogens is 644 g/mol. The molecule has 2 aliphatic heterocycles. The number of phenolic OH excluding ortho intramolecular Hbond substituents is 1. The number of nitrogens with zero attached hydrogens (tertiary/aromatic N) is 1. The molecule has 7 nitrogen and oxygen atoms in total. The van der Waals surface area contributed by atoms with Crippen molar-refractivity contribution in [2.45, 2.75) is 58.9 Å². The van der Waals surface area contributed by atoms with Crippen LogP contribution >= 0.6 is 22.6 Å². The standard InChI is InChI=1S/C33H39BINO6/c1-5-13-36-32(38)24-17-23(19(2)3)29-25(30(24)33(36)39)18-34(40)42-27(29)12-11-22(21-9-7-6-8-10-21)14-20-15-26(35)31(37)28(16-20)41-4/h6-10,14-16,19,24-25,27,30,37,40H,5,11-13,17-18H2,1-4H3/b22-14-/t24-,25+,27-,30-/m1/s1. The van der Waals surface area contributed by atoms with Gasteiger partial charge in [-0.1, -0.05) is 62.8 Å². The molecule has 42 heavy (non-hydrogen) atoms. The minimum atomic E-state index is -0.994. The minimum Gasteiger partial charge on any atom is -0.504 e. The molecule has 222 valence electrons. The van der Waals surface area contributed by atoms with Crippen LogP contribution in [0.25, 0.3) is 11.6 Å². The molecular formula is C33H39BINO6. The first-order valence-electron chi connectivity index (χ1n) is 14.9. The molecule has 2 amide bonds. The number of amides is 2. The van der Waals surface area contributed by atoms with E-state index in [4.69, 9.17) is 9.39 Å². The Morgan fingerprint density at radius 1 is 1.19 bits per heavy atom. The van der Waals surface area contributed by atoms with Gasteiger partial charge in [-0.05, 0) is 101 Å². The van der Waals surface area contributed by atoms with Gasteiger partial charge in [-0.15, -0.1) is 0 Å². The Bertz CT molecular complexity index is 1410. The number of allylic oxidation sites excluding steroid dienone is 2. The molecule has 3 aliphatic rings. The smallest absolute Gasteiger partial charge is 0.455 e. The minimum absolute atomic E-state index is 0.0603. The molecule has 4 atom stereocenters. The zero-order valence-electron chi connectivity index (χ0n) is 24.7. The number of ether oxygens (including phenoxy) is 1. The van der Waals surface area contributed by atoms with Gasteiger partial charge in [0.2, 0.25) is 11.8 Å². The van der Waals surface area contributed by atoms with E-state index in [1.54, 1.807) is 0 Å². The summed E-state index contributed by atoms with van der Waals surface area (Å²) in [5, 5.41) is 21.3. The molecule has 0 saturated carbocycles. The lowest BCUT2D eigenvalue weighted by Crippen LogP contribution is -2.46. The van der Waals surface area contributed by atoms with Crippen LogP contribution in [0.4, 0.5) is 0 Å². The van der Waals surface area contributed by atoms with Gasteiger partial charge in [-0.3, -0.25) is 14.5 Å². The Morgan fingerprint density at radius 3 is 2.60 bits per heavy atom. The second kappa shape index (κ2) is 12.9. The number of benzene rings is 2. The van der Waals surface area contributed by atoms with Gasteiger partial charge in [-0.25, -0.2) is 0 Å². The zero-order chi connectivity index (χ0) is 30.1. The van der Waals surface area contributed by atoms with Gasteiger partial charge in [-0.2, -0.15) is 0 Å². The van der Waals surface area contributed by atoms with E-state index in [0.29, 0.717) is 41.4 Å². The van der Waals surface area contributed by atoms with Crippen molar-refractivity contribution in [3.8, 4) is 11.5 Å². The van der Waals surface area contributed by atoms with Crippen LogP contribution in [-0.4, -0.2) is 53.7 Å². The van der Waals surface area contributed by atoms with E-state index in [2.05, 4.69) is 54.6 Å². The maximum atomic E-state index is 13.6. The van der Waals surface area contributed by atoms with Crippen molar-refractivity contribution in [3.63, 3.8) is 0 Å². The lowest BCUT2D eigenvalue weighted by Gasteiger charge is -2.44. The predicted molar refractivity (Wildman–Crippen MR) is 173 cm³/mol. The maximum Gasteiger partial charge on any atom is 0.455 e. The third kappa shape index (κ3) is 5.92. The molecule has 2 aromatic rings. The van der Waals surface area contributed by atoms with Gasteiger partial charge in [0.1, 0.15) is 0 Å². The third-order valence-corrected chi connectivity index (χ3v) is 9.73. The van der Waals surface area contributed by atoms with Gasteiger partial charge >= 0.3 is 7.12 Å². The fourth-order valence-electron chi connectivity index (χ4n) is 7.03. The summed E-state index contributed by atoms with van der Waals surface area (Å²) in [6, 6.07) is 13.9. The van der Waals surface area contributed by atoms with Gasteiger partial charge in [0.05, 0.1) is 28.6 Å². The van der Waals surface area contributed by atoms with Crippen LogP contribution in [0, 0.1) is 27.2 Å². The van der Waals surface area contributed by atoms with Crippen LogP contribution in [0.5, 0.6) is 11.5 Å². The number of rotatable bonds is 9. The molecule has 2 saturated heterocycles. The first-order valence-corrected chi connectivity index (χ1v) is 16.0. The molecule has 9 heteroatoms. The van der Waals surface area contributed by atoms with Crippen LogP contribution in [0.15, 0.2) is 53.6 Å². The largest absolute Gasteiger partial charge is 0.504 e. The molecule has 2 heterocycles. The van der Waals surface area contributed by atoms with Crippen molar-refractivity contribution in [2.75, 3.05) is 13.7 Å². The van der Waals surface area contributed by atoms with Crippen molar-refractivity contribution in [2.24, 2.45) is 23.7 Å². The Balaban J connectivity index is 1.50. The van der Waals surface area contributed by atoms with E-state index >= 15 is 0 Å². The fraction of sp³-hybridized carbons (Fsp3) is 0.455. The van der Waals surface area contributed by atoms with Gasteiger partial charge in [0.15, 0.2) is 11.5 Å². The number of likely N-dealkylation sites (tertiary alicyclic amines) is 1. The lowest BCUT2D eigenvalue weighted by molar-refractivity contribution is -0.140. The number of fused-ring (bicyclic) bond motifs is 3. The number of halogens is 1. The van der Waals surface area contributed by atoms with Gasteiger partial charge in [0.25, 0.3) is 0 Å². The SMILES string of the molecule is CCCN1C(=O)[C@@H]2[C@@H](CC(C(C)C)=C3[C@@H](CC/C(=C/c4cc(I)c(O)c(OC)c4)c4ccccc4)OB(O)C[C@@H]32)C1=O. The Hall–Kier alpha value is -2.63. The molecule has 2 aromatic carbocycles. The quantitative estimate of drug-likeness (QED) is 0.108. The molecule has 2 fully saturated rings. The van der Waals surface area contributed by atoms with Crippen LogP contribution in [0.2, 0.25) is 6.32 Å². The number of hydrogen-bond acceptors (Lipinski definition) is 6. The summed E-state index contributed by atoms with van der Waals surface area (Å²) in [5.74, 6) is -0.414. The number of aromatic hydroxyl groups is 1. The number of carbonyl (C=O) groups excluding carboxylic acids is 2.